The van der Waals surface area contributed by atoms with Crippen molar-refractivity contribution in [3.63, 3.8) is 0 Å². The molecule has 1 fully saturated rings. The van der Waals surface area contributed by atoms with Gasteiger partial charge < -0.3 is 19.6 Å². The van der Waals surface area contributed by atoms with Gasteiger partial charge in [-0.15, -0.1) is 0 Å². The van der Waals surface area contributed by atoms with Crippen LogP contribution in [0.1, 0.15) is 41.0 Å². The minimum absolute atomic E-state index is 0.00894. The van der Waals surface area contributed by atoms with Crippen molar-refractivity contribution in [1.82, 2.24) is 15.2 Å². The molecule has 40 heavy (non-hydrogen) atoms. The van der Waals surface area contributed by atoms with Gasteiger partial charge in [-0.2, -0.15) is 26.3 Å². The molecule has 0 bridgehead atoms. The summed E-state index contributed by atoms with van der Waals surface area (Å²) in [5, 5.41) is 12.4. The van der Waals surface area contributed by atoms with Crippen molar-refractivity contribution >= 4 is 5.91 Å². The van der Waals surface area contributed by atoms with Crippen molar-refractivity contribution in [2.75, 3.05) is 20.2 Å². The summed E-state index contributed by atoms with van der Waals surface area (Å²) in [6, 6.07) is 6.24. The Hall–Kier alpha value is -3.74. The van der Waals surface area contributed by atoms with Gasteiger partial charge in [-0.05, 0) is 67.4 Å². The second-order valence-corrected chi connectivity index (χ2v) is 9.76. The molecule has 13 heteroatoms. The number of hydrogen-bond donors (Lipinski definition) is 2. The number of rotatable bonds is 8. The van der Waals surface area contributed by atoms with E-state index in [1.165, 1.54) is 25.6 Å². The van der Waals surface area contributed by atoms with Crippen LogP contribution in [0.4, 0.5) is 26.3 Å². The first-order valence-electron chi connectivity index (χ1n) is 12.3. The molecular formula is C27H27F6N3O4. The van der Waals surface area contributed by atoms with Crippen LogP contribution in [0.25, 0.3) is 0 Å². The van der Waals surface area contributed by atoms with Gasteiger partial charge in [-0.3, -0.25) is 9.69 Å². The molecule has 1 aliphatic rings. The SMILES string of the molecule is COc1cc(CN2CCC(Cc3ncco3)(C(=O)NCc3cc(C(F)(F)F)cc(C(F)(F)F)c3)CC2)ccc1O. The Kier molecular flexibility index (Phi) is 8.33. The molecule has 0 atom stereocenters. The summed E-state index contributed by atoms with van der Waals surface area (Å²) in [5.74, 6) is 0.123. The summed E-state index contributed by atoms with van der Waals surface area (Å²) in [4.78, 5) is 19.7. The van der Waals surface area contributed by atoms with E-state index in [4.69, 9.17) is 9.15 Å². The number of aromatic hydroxyl groups is 1. The Balaban J connectivity index is 1.50. The maximum Gasteiger partial charge on any atom is 0.416 e. The molecule has 0 spiro atoms. The average molecular weight is 572 g/mol. The molecular weight excluding hydrogens is 544 g/mol. The third kappa shape index (κ3) is 6.87. The quantitative estimate of drug-likeness (QED) is 0.344. The number of carbonyl (C=O) groups is 1. The monoisotopic (exact) mass is 571 g/mol. The smallest absolute Gasteiger partial charge is 0.416 e. The van der Waals surface area contributed by atoms with Gasteiger partial charge >= 0.3 is 12.4 Å². The van der Waals surface area contributed by atoms with Gasteiger partial charge in [-0.25, -0.2) is 4.98 Å². The molecule has 2 heterocycles. The number of likely N-dealkylation sites (tertiary alicyclic amines) is 1. The van der Waals surface area contributed by atoms with Crippen molar-refractivity contribution in [2.45, 2.75) is 44.7 Å². The summed E-state index contributed by atoms with van der Waals surface area (Å²) in [7, 11) is 1.44. The van der Waals surface area contributed by atoms with E-state index in [1.807, 2.05) is 0 Å². The summed E-state index contributed by atoms with van der Waals surface area (Å²) in [6.45, 7) is 0.937. The van der Waals surface area contributed by atoms with Gasteiger partial charge in [0.25, 0.3) is 0 Å². The second-order valence-electron chi connectivity index (χ2n) is 9.76. The number of nitrogens with one attached hydrogen (secondary N) is 1. The summed E-state index contributed by atoms with van der Waals surface area (Å²) >= 11 is 0. The van der Waals surface area contributed by atoms with Crippen molar-refractivity contribution in [2.24, 2.45) is 5.41 Å². The number of aromatic nitrogens is 1. The van der Waals surface area contributed by atoms with Gasteiger partial charge in [0.15, 0.2) is 17.4 Å². The number of oxazole rings is 1. The van der Waals surface area contributed by atoms with Crippen LogP contribution < -0.4 is 10.1 Å². The number of phenolic OH excluding ortho intramolecular Hbond substituents is 1. The predicted molar refractivity (Wildman–Crippen MR) is 130 cm³/mol. The number of amides is 1. The molecule has 3 aromatic rings. The Bertz CT molecular complexity index is 1280. The van der Waals surface area contributed by atoms with Gasteiger partial charge in [0.1, 0.15) is 6.26 Å². The molecule has 1 aromatic heterocycles. The molecule has 2 N–H and O–H groups in total. The Labute approximate surface area is 225 Å². The maximum absolute atomic E-state index is 13.5. The fourth-order valence-corrected chi connectivity index (χ4v) is 4.82. The lowest BCUT2D eigenvalue weighted by Crippen LogP contribution is -2.49. The van der Waals surface area contributed by atoms with Crippen LogP contribution >= 0.6 is 0 Å². The normalized spacial score (nSPS) is 16.1. The lowest BCUT2D eigenvalue weighted by atomic mass is 9.74. The molecule has 0 saturated carbocycles. The van der Waals surface area contributed by atoms with E-state index in [9.17, 15) is 36.2 Å². The molecule has 1 amide bonds. The number of halogens is 6. The second kappa shape index (κ2) is 11.4. The Morgan fingerprint density at radius 1 is 1.05 bits per heavy atom. The maximum atomic E-state index is 13.5. The largest absolute Gasteiger partial charge is 0.504 e. The van der Waals surface area contributed by atoms with Gasteiger partial charge in [0.05, 0.1) is 29.8 Å². The van der Waals surface area contributed by atoms with Gasteiger partial charge in [-0.1, -0.05) is 6.07 Å². The van der Waals surface area contributed by atoms with E-state index in [-0.39, 0.29) is 23.8 Å². The highest BCUT2D eigenvalue weighted by Crippen LogP contribution is 2.38. The van der Waals surface area contributed by atoms with E-state index in [1.54, 1.807) is 12.1 Å². The zero-order valence-electron chi connectivity index (χ0n) is 21.4. The lowest BCUT2D eigenvalue weighted by molar-refractivity contribution is -0.143. The number of benzene rings is 2. The molecule has 2 aromatic carbocycles. The van der Waals surface area contributed by atoms with Crippen LogP contribution in [0.3, 0.4) is 0 Å². The number of alkyl halides is 6. The number of carbonyl (C=O) groups excluding carboxylic acids is 1. The average Bonchev–Trinajstić information content (AvgIpc) is 3.41. The van der Waals surface area contributed by atoms with Gasteiger partial charge in [0, 0.05) is 19.5 Å². The topological polar surface area (TPSA) is 87.8 Å². The molecule has 7 nitrogen and oxygen atoms in total. The van der Waals surface area contributed by atoms with Crippen molar-refractivity contribution in [1.29, 1.82) is 0 Å². The van der Waals surface area contributed by atoms with Crippen LogP contribution in [-0.2, 0) is 36.7 Å². The van der Waals surface area contributed by atoms with Gasteiger partial charge in [0.2, 0.25) is 5.91 Å². The van der Waals surface area contributed by atoms with Crippen LogP contribution in [-0.4, -0.2) is 41.1 Å². The number of ether oxygens (including phenoxy) is 1. The number of methoxy groups -OCH3 is 1. The van der Waals surface area contributed by atoms with Crippen LogP contribution in [0.2, 0.25) is 0 Å². The first-order valence-corrected chi connectivity index (χ1v) is 12.3. The molecule has 0 unspecified atom stereocenters. The van der Waals surface area contributed by atoms with Crippen LogP contribution in [0.15, 0.2) is 53.3 Å². The highest BCUT2D eigenvalue weighted by molar-refractivity contribution is 5.83. The first-order chi connectivity index (χ1) is 18.8. The molecule has 1 aliphatic heterocycles. The van der Waals surface area contributed by atoms with Crippen molar-refractivity contribution in [3.05, 3.63) is 77.0 Å². The summed E-state index contributed by atoms with van der Waals surface area (Å²) in [5.41, 5.74) is -3.37. The minimum atomic E-state index is -4.99. The highest BCUT2D eigenvalue weighted by Gasteiger charge is 2.43. The minimum Gasteiger partial charge on any atom is -0.504 e. The van der Waals surface area contributed by atoms with E-state index >= 15 is 0 Å². The zero-order chi connectivity index (χ0) is 29.1. The molecule has 4 rings (SSSR count). The predicted octanol–water partition coefficient (Wildman–Crippen LogP) is 5.57. The standard InChI is InChI=1S/C27H27F6N3O4/c1-39-22-12-17(2-3-21(22)37)16-36-7-4-25(5-8-36,14-23-34-6-9-40-23)24(38)35-15-18-10-19(26(28,29)30)13-20(11-18)27(31,32)33/h2-3,6,9-13,37H,4-5,7-8,14-16H2,1H3,(H,35,38). The zero-order valence-corrected chi connectivity index (χ0v) is 21.4. The molecule has 0 aliphatic carbocycles. The van der Waals surface area contributed by atoms with E-state index < -0.39 is 41.3 Å². The third-order valence-electron chi connectivity index (χ3n) is 7.02. The van der Waals surface area contributed by atoms with Crippen molar-refractivity contribution in [3.8, 4) is 11.5 Å². The number of hydrogen-bond acceptors (Lipinski definition) is 6. The van der Waals surface area contributed by atoms with Crippen molar-refractivity contribution < 1.29 is 45.4 Å². The third-order valence-corrected chi connectivity index (χ3v) is 7.02. The van der Waals surface area contributed by atoms with E-state index in [0.717, 1.165) is 5.56 Å². The van der Waals surface area contributed by atoms with Crippen LogP contribution in [0, 0.1) is 5.41 Å². The number of nitrogens with zero attached hydrogens (tertiary/aromatic N) is 2. The number of piperidine rings is 1. The summed E-state index contributed by atoms with van der Waals surface area (Å²) in [6.07, 6.45) is -6.39. The fourth-order valence-electron chi connectivity index (χ4n) is 4.82. The fraction of sp³-hybridized carbons (Fsp3) is 0.407. The summed E-state index contributed by atoms with van der Waals surface area (Å²) < 4.78 is 90.0. The van der Waals surface area contributed by atoms with E-state index in [2.05, 4.69) is 15.2 Å². The molecule has 0 radical (unpaired) electrons. The molecule has 1 saturated heterocycles. The van der Waals surface area contributed by atoms with Crippen LogP contribution in [0.5, 0.6) is 11.5 Å². The van der Waals surface area contributed by atoms with E-state index in [0.29, 0.717) is 56.2 Å². The number of phenols is 1. The highest BCUT2D eigenvalue weighted by atomic mass is 19.4. The molecule has 216 valence electrons. The lowest BCUT2D eigenvalue weighted by Gasteiger charge is -2.40. The Morgan fingerprint density at radius 3 is 2.25 bits per heavy atom. The first kappa shape index (κ1) is 29.2. The Morgan fingerprint density at radius 2 is 1.70 bits per heavy atom.